The Morgan fingerprint density at radius 2 is 1.85 bits per heavy atom. The fraction of sp³-hybridized carbons (Fsp3) is 0. The average Bonchev–Trinajstić information content (AvgIpc) is 2.84. The zero-order chi connectivity index (χ0) is 14.3. The zero-order valence-electron chi connectivity index (χ0n) is 9.99. The van der Waals surface area contributed by atoms with E-state index in [1.54, 1.807) is 42.5 Å². The van der Waals surface area contributed by atoms with Crippen molar-refractivity contribution in [1.82, 2.24) is 8.96 Å². The molecule has 0 unspecified atom stereocenters. The molecule has 102 valence electrons. The Bertz CT molecular complexity index is 891. The summed E-state index contributed by atoms with van der Waals surface area (Å²) >= 11 is 9.21. The van der Waals surface area contributed by atoms with Crippen molar-refractivity contribution in [2.45, 2.75) is 4.90 Å². The van der Waals surface area contributed by atoms with E-state index in [4.69, 9.17) is 11.6 Å². The molecule has 0 radical (unpaired) electrons. The lowest BCUT2D eigenvalue weighted by atomic mass is 10.3. The van der Waals surface area contributed by atoms with Crippen LogP contribution in [0.25, 0.3) is 11.0 Å². The van der Waals surface area contributed by atoms with Gasteiger partial charge in [-0.2, -0.15) is 0 Å². The molecule has 7 heteroatoms. The number of aromatic nitrogens is 2. The van der Waals surface area contributed by atoms with Crippen molar-refractivity contribution in [3.8, 4) is 0 Å². The van der Waals surface area contributed by atoms with Crippen molar-refractivity contribution in [3.05, 3.63) is 58.3 Å². The topological polar surface area (TPSA) is 52.0 Å². The molecule has 0 aliphatic heterocycles. The molecule has 1 aromatic carbocycles. The number of rotatable bonds is 2. The number of fused-ring (bicyclic) bond motifs is 1. The van der Waals surface area contributed by atoms with E-state index in [2.05, 4.69) is 20.9 Å². The van der Waals surface area contributed by atoms with Gasteiger partial charge in [-0.25, -0.2) is 17.4 Å². The van der Waals surface area contributed by atoms with Gasteiger partial charge < -0.3 is 0 Å². The maximum absolute atomic E-state index is 12.6. The second-order valence-electron chi connectivity index (χ2n) is 4.10. The fourth-order valence-electron chi connectivity index (χ4n) is 1.89. The predicted octanol–water partition coefficient (Wildman–Crippen LogP) is 3.69. The van der Waals surface area contributed by atoms with Crippen molar-refractivity contribution in [1.29, 1.82) is 0 Å². The molecule has 4 nitrogen and oxygen atoms in total. The predicted molar refractivity (Wildman–Crippen MR) is 81.5 cm³/mol. The standard InChI is InChI=1S/C13H8BrClN2O2S/c14-11-8-9-6-7-17(13(9)16-12(11)15)20(18,19)10-4-2-1-3-5-10/h1-8H. The van der Waals surface area contributed by atoms with Crippen LogP contribution in [0.15, 0.2) is 58.0 Å². The molecule has 0 aliphatic carbocycles. The van der Waals surface area contributed by atoms with Gasteiger partial charge in [-0.3, -0.25) is 0 Å². The van der Waals surface area contributed by atoms with Gasteiger partial charge in [-0.15, -0.1) is 0 Å². The Kier molecular flexibility index (Phi) is 3.32. The van der Waals surface area contributed by atoms with Crippen LogP contribution in [0, 0.1) is 0 Å². The molecule has 0 amide bonds. The highest BCUT2D eigenvalue weighted by Gasteiger charge is 2.19. The number of hydrogen-bond donors (Lipinski definition) is 0. The number of nitrogens with zero attached hydrogens (tertiary/aromatic N) is 2. The Hall–Kier alpha value is -1.37. The summed E-state index contributed by atoms with van der Waals surface area (Å²) in [6.07, 6.45) is 1.47. The molecular weight excluding hydrogens is 364 g/mol. The Labute approximate surface area is 129 Å². The first-order valence-corrected chi connectivity index (χ1v) is 8.25. The summed E-state index contributed by atoms with van der Waals surface area (Å²) in [7, 11) is -3.67. The molecule has 0 bridgehead atoms. The first-order valence-electron chi connectivity index (χ1n) is 5.64. The van der Waals surface area contributed by atoms with E-state index in [9.17, 15) is 8.42 Å². The largest absolute Gasteiger partial charge is 0.269 e. The highest BCUT2D eigenvalue weighted by Crippen LogP contribution is 2.27. The van der Waals surface area contributed by atoms with E-state index in [1.165, 1.54) is 6.20 Å². The first-order chi connectivity index (χ1) is 9.50. The summed E-state index contributed by atoms with van der Waals surface area (Å²) in [5.74, 6) is 0. The summed E-state index contributed by atoms with van der Waals surface area (Å²) in [5.41, 5.74) is 0.307. The van der Waals surface area contributed by atoms with Crippen LogP contribution in [0.4, 0.5) is 0 Å². The minimum Gasteiger partial charge on any atom is -0.224 e. The molecule has 0 atom stereocenters. The van der Waals surface area contributed by atoms with Crippen LogP contribution in [0.1, 0.15) is 0 Å². The van der Waals surface area contributed by atoms with Crippen molar-refractivity contribution in [3.63, 3.8) is 0 Å². The van der Waals surface area contributed by atoms with Crippen LogP contribution in [-0.4, -0.2) is 17.4 Å². The molecule has 0 saturated carbocycles. The molecule has 0 spiro atoms. The maximum Gasteiger partial charge on any atom is 0.269 e. The molecule has 0 fully saturated rings. The van der Waals surface area contributed by atoms with Gasteiger partial charge in [0, 0.05) is 11.6 Å². The zero-order valence-corrected chi connectivity index (χ0v) is 13.2. The van der Waals surface area contributed by atoms with E-state index in [0.29, 0.717) is 15.5 Å². The smallest absolute Gasteiger partial charge is 0.224 e. The number of halogens is 2. The van der Waals surface area contributed by atoms with Gasteiger partial charge in [-0.1, -0.05) is 29.8 Å². The van der Waals surface area contributed by atoms with E-state index in [0.717, 1.165) is 3.97 Å². The molecule has 0 N–H and O–H groups in total. The lowest BCUT2D eigenvalue weighted by Crippen LogP contribution is -2.12. The number of hydrogen-bond acceptors (Lipinski definition) is 3. The van der Waals surface area contributed by atoms with E-state index in [1.807, 2.05) is 0 Å². The Morgan fingerprint density at radius 1 is 1.15 bits per heavy atom. The van der Waals surface area contributed by atoms with E-state index >= 15 is 0 Å². The molecule has 0 aliphatic rings. The van der Waals surface area contributed by atoms with Gasteiger partial charge in [0.15, 0.2) is 5.65 Å². The van der Waals surface area contributed by atoms with Crippen molar-refractivity contribution < 1.29 is 8.42 Å². The van der Waals surface area contributed by atoms with Gasteiger partial charge in [-0.05, 0) is 40.2 Å². The first kappa shape index (κ1) is 13.6. The lowest BCUT2D eigenvalue weighted by Gasteiger charge is -2.07. The quantitative estimate of drug-likeness (QED) is 0.646. The highest BCUT2D eigenvalue weighted by molar-refractivity contribution is 9.10. The van der Waals surface area contributed by atoms with Crippen LogP contribution in [0.3, 0.4) is 0 Å². The van der Waals surface area contributed by atoms with Gasteiger partial charge in [0.25, 0.3) is 10.0 Å². The van der Waals surface area contributed by atoms with Gasteiger partial charge in [0.2, 0.25) is 0 Å². The molecule has 3 rings (SSSR count). The summed E-state index contributed by atoms with van der Waals surface area (Å²) in [6.45, 7) is 0. The summed E-state index contributed by atoms with van der Waals surface area (Å²) < 4.78 is 26.9. The summed E-state index contributed by atoms with van der Waals surface area (Å²) in [5, 5.41) is 0.918. The van der Waals surface area contributed by atoms with Crippen LogP contribution in [-0.2, 0) is 10.0 Å². The molecule has 3 aromatic rings. The average molecular weight is 372 g/mol. The number of benzene rings is 1. The lowest BCUT2D eigenvalue weighted by molar-refractivity contribution is 0.589. The van der Waals surface area contributed by atoms with Crippen molar-refractivity contribution in [2.75, 3.05) is 0 Å². The molecule has 2 heterocycles. The molecule has 2 aromatic heterocycles. The molecular formula is C13H8BrClN2O2S. The Morgan fingerprint density at radius 3 is 2.55 bits per heavy atom. The molecule has 0 saturated heterocycles. The monoisotopic (exact) mass is 370 g/mol. The third-order valence-electron chi connectivity index (χ3n) is 2.84. The van der Waals surface area contributed by atoms with Crippen molar-refractivity contribution >= 4 is 48.6 Å². The van der Waals surface area contributed by atoms with Crippen LogP contribution >= 0.6 is 27.5 Å². The fourth-order valence-corrected chi connectivity index (χ4v) is 3.68. The second-order valence-corrected chi connectivity index (χ2v) is 7.13. The SMILES string of the molecule is O=S(=O)(c1ccccc1)n1ccc2cc(Br)c(Cl)nc21. The summed E-state index contributed by atoms with van der Waals surface area (Å²) in [4.78, 5) is 4.34. The highest BCUT2D eigenvalue weighted by atomic mass is 79.9. The van der Waals surface area contributed by atoms with Crippen molar-refractivity contribution in [2.24, 2.45) is 0 Å². The minimum atomic E-state index is -3.67. The normalized spacial score (nSPS) is 11.9. The summed E-state index contributed by atoms with van der Waals surface area (Å²) in [6, 6.07) is 11.6. The second kappa shape index (κ2) is 4.87. The van der Waals surface area contributed by atoms with Gasteiger partial charge in [0.1, 0.15) is 5.15 Å². The van der Waals surface area contributed by atoms with E-state index in [-0.39, 0.29) is 10.0 Å². The van der Waals surface area contributed by atoms with Crippen LogP contribution in [0.2, 0.25) is 5.15 Å². The van der Waals surface area contributed by atoms with Crippen LogP contribution in [0.5, 0.6) is 0 Å². The van der Waals surface area contributed by atoms with E-state index < -0.39 is 10.0 Å². The maximum atomic E-state index is 12.6. The van der Waals surface area contributed by atoms with Gasteiger partial charge in [0.05, 0.1) is 9.37 Å². The Balaban J connectivity index is 2.28. The number of pyridine rings is 1. The molecule has 20 heavy (non-hydrogen) atoms. The third kappa shape index (κ3) is 2.13. The minimum absolute atomic E-state index is 0.207. The third-order valence-corrected chi connectivity index (χ3v) is 5.64. The van der Waals surface area contributed by atoms with Gasteiger partial charge >= 0.3 is 0 Å². The van der Waals surface area contributed by atoms with Crippen LogP contribution < -0.4 is 0 Å².